The van der Waals surface area contributed by atoms with Crippen LogP contribution in [-0.2, 0) is 4.79 Å². The van der Waals surface area contributed by atoms with Gasteiger partial charge in [0, 0.05) is 0 Å². The number of phenolic OH excluding ortho intramolecular Hbond substituents is 1. The molecular weight excluding hydrogens is 604 g/mol. The molecule has 2 aromatic rings. The Kier molecular flexibility index (Phi) is 7.93. The topological polar surface area (TPSA) is 80.2 Å². The number of hydrazone groups is 1. The van der Waals surface area contributed by atoms with Crippen LogP contribution >= 0.6 is 63.7 Å². The summed E-state index contributed by atoms with van der Waals surface area (Å²) >= 11 is 13.2. The fraction of sp³-hybridized carbons (Fsp3) is 0.125. The van der Waals surface area contributed by atoms with Crippen molar-refractivity contribution in [1.29, 1.82) is 0 Å². The van der Waals surface area contributed by atoms with Crippen LogP contribution < -0.4 is 14.9 Å². The zero-order chi connectivity index (χ0) is 19.3. The number of carbonyl (C=O) groups is 1. The molecule has 0 heterocycles. The summed E-state index contributed by atoms with van der Waals surface area (Å²) in [6, 6.07) is 6.79. The standard InChI is InChI=1S/C16H12Br4N2O4/c1-25-9-4-12(19)16(13(20)5-9)26-7-14(23)22-21-6-8-2-10(17)15(24)11(18)3-8/h2-6,24H,7H2,1H3,(H,22,23)/b21-6+. The van der Waals surface area contributed by atoms with Gasteiger partial charge in [0.1, 0.15) is 17.2 Å². The Bertz CT molecular complexity index is 812. The number of methoxy groups -OCH3 is 1. The lowest BCUT2D eigenvalue weighted by Gasteiger charge is -2.11. The van der Waals surface area contributed by atoms with Crippen molar-refractivity contribution < 1.29 is 19.4 Å². The number of ether oxygens (including phenoxy) is 2. The molecule has 0 radical (unpaired) electrons. The van der Waals surface area contributed by atoms with E-state index >= 15 is 0 Å². The zero-order valence-corrected chi connectivity index (χ0v) is 19.6. The largest absolute Gasteiger partial charge is 0.506 e. The predicted octanol–water partition coefficient (Wildman–Crippen LogP) is 4.98. The van der Waals surface area contributed by atoms with Gasteiger partial charge in [0.15, 0.2) is 6.61 Å². The Hall–Kier alpha value is -1.10. The number of aromatic hydroxyl groups is 1. The number of halogens is 4. The number of amides is 1. The van der Waals surface area contributed by atoms with Crippen molar-refractivity contribution in [1.82, 2.24) is 5.43 Å². The molecule has 138 valence electrons. The summed E-state index contributed by atoms with van der Waals surface area (Å²) < 4.78 is 13.0. The SMILES string of the molecule is COc1cc(Br)c(OCC(=O)N/N=C/c2cc(Br)c(O)c(Br)c2)c(Br)c1. The van der Waals surface area contributed by atoms with E-state index in [4.69, 9.17) is 9.47 Å². The van der Waals surface area contributed by atoms with Crippen molar-refractivity contribution in [3.8, 4) is 17.2 Å². The van der Waals surface area contributed by atoms with E-state index in [1.165, 1.54) is 6.21 Å². The van der Waals surface area contributed by atoms with Gasteiger partial charge in [-0.25, -0.2) is 5.43 Å². The van der Waals surface area contributed by atoms with E-state index < -0.39 is 5.91 Å². The smallest absolute Gasteiger partial charge is 0.277 e. The lowest BCUT2D eigenvalue weighted by molar-refractivity contribution is -0.123. The molecule has 0 spiro atoms. The van der Waals surface area contributed by atoms with Crippen LogP contribution in [0.3, 0.4) is 0 Å². The Morgan fingerprint density at radius 1 is 1.12 bits per heavy atom. The van der Waals surface area contributed by atoms with Crippen LogP contribution in [0.5, 0.6) is 17.2 Å². The lowest BCUT2D eigenvalue weighted by Crippen LogP contribution is -2.24. The van der Waals surface area contributed by atoms with Gasteiger partial charge in [-0.3, -0.25) is 4.79 Å². The second-order valence-corrected chi connectivity index (χ2v) is 8.25. The molecule has 0 saturated heterocycles. The first-order valence-electron chi connectivity index (χ1n) is 6.97. The van der Waals surface area contributed by atoms with Crippen molar-refractivity contribution in [3.05, 3.63) is 47.7 Å². The molecule has 2 aromatic carbocycles. The molecule has 0 aliphatic rings. The van der Waals surface area contributed by atoms with Crippen LogP contribution in [0.25, 0.3) is 0 Å². The van der Waals surface area contributed by atoms with Crippen LogP contribution in [0.15, 0.2) is 47.3 Å². The maximum absolute atomic E-state index is 11.9. The molecular formula is C16H12Br4N2O4. The fourth-order valence-electron chi connectivity index (χ4n) is 1.80. The summed E-state index contributed by atoms with van der Waals surface area (Å²) in [6.07, 6.45) is 1.45. The van der Waals surface area contributed by atoms with Crippen LogP contribution in [0.4, 0.5) is 0 Å². The summed E-state index contributed by atoms with van der Waals surface area (Å²) in [5, 5.41) is 13.5. The van der Waals surface area contributed by atoms with Gasteiger partial charge in [0.2, 0.25) is 0 Å². The first-order chi connectivity index (χ1) is 12.3. The molecule has 0 atom stereocenters. The summed E-state index contributed by atoms with van der Waals surface area (Å²) in [7, 11) is 1.56. The van der Waals surface area contributed by atoms with Gasteiger partial charge in [-0.05, 0) is 93.5 Å². The average Bonchev–Trinajstić information content (AvgIpc) is 2.58. The molecule has 0 fully saturated rings. The first kappa shape index (κ1) is 21.2. The number of hydrogen-bond donors (Lipinski definition) is 2. The van der Waals surface area contributed by atoms with Crippen LogP contribution in [0.2, 0.25) is 0 Å². The van der Waals surface area contributed by atoms with E-state index in [1.807, 2.05) is 0 Å². The third-order valence-corrected chi connectivity index (χ3v) is 5.38. The van der Waals surface area contributed by atoms with Gasteiger partial charge >= 0.3 is 0 Å². The maximum Gasteiger partial charge on any atom is 0.277 e. The Labute approximate surface area is 183 Å². The summed E-state index contributed by atoms with van der Waals surface area (Å²) in [4.78, 5) is 11.9. The number of nitrogens with one attached hydrogen (secondary N) is 1. The van der Waals surface area contributed by atoms with Crippen molar-refractivity contribution in [3.63, 3.8) is 0 Å². The lowest BCUT2D eigenvalue weighted by atomic mass is 10.2. The predicted molar refractivity (Wildman–Crippen MR) is 113 cm³/mol. The quantitative estimate of drug-likeness (QED) is 0.355. The van der Waals surface area contributed by atoms with Crippen LogP contribution in [0, 0.1) is 0 Å². The number of nitrogens with zero attached hydrogens (tertiary/aromatic N) is 1. The van der Waals surface area contributed by atoms with E-state index in [-0.39, 0.29) is 12.4 Å². The van der Waals surface area contributed by atoms with Crippen molar-refractivity contribution in [2.45, 2.75) is 0 Å². The van der Waals surface area contributed by atoms with Gasteiger partial charge < -0.3 is 14.6 Å². The molecule has 0 unspecified atom stereocenters. The minimum atomic E-state index is -0.423. The number of hydrogen-bond acceptors (Lipinski definition) is 5. The highest BCUT2D eigenvalue weighted by molar-refractivity contribution is 9.11. The van der Waals surface area contributed by atoms with E-state index in [9.17, 15) is 9.90 Å². The molecule has 0 saturated carbocycles. The highest BCUT2D eigenvalue weighted by atomic mass is 79.9. The van der Waals surface area contributed by atoms with Gasteiger partial charge in [0.25, 0.3) is 5.91 Å². The van der Waals surface area contributed by atoms with E-state index in [2.05, 4.69) is 74.2 Å². The number of carbonyl (C=O) groups excluding carboxylic acids is 1. The number of benzene rings is 2. The maximum atomic E-state index is 11.9. The summed E-state index contributed by atoms with van der Waals surface area (Å²) in [6.45, 7) is -0.218. The molecule has 6 nitrogen and oxygen atoms in total. The molecule has 1 amide bonds. The van der Waals surface area contributed by atoms with Gasteiger partial charge in [-0.1, -0.05) is 0 Å². The number of rotatable bonds is 6. The molecule has 0 aromatic heterocycles. The van der Waals surface area contributed by atoms with Crippen molar-refractivity contribution in [2.75, 3.05) is 13.7 Å². The van der Waals surface area contributed by atoms with Gasteiger partial charge in [-0.2, -0.15) is 5.10 Å². The fourth-order valence-corrected chi connectivity index (χ4v) is 4.40. The van der Waals surface area contributed by atoms with Crippen LogP contribution in [-0.4, -0.2) is 30.9 Å². The summed E-state index contributed by atoms with van der Waals surface area (Å²) in [5.41, 5.74) is 3.06. The van der Waals surface area contributed by atoms with Crippen molar-refractivity contribution in [2.24, 2.45) is 5.10 Å². The monoisotopic (exact) mass is 612 g/mol. The van der Waals surface area contributed by atoms with E-state index in [1.54, 1.807) is 31.4 Å². The van der Waals surface area contributed by atoms with Crippen molar-refractivity contribution >= 4 is 75.8 Å². The average molecular weight is 616 g/mol. The molecule has 26 heavy (non-hydrogen) atoms. The third kappa shape index (κ3) is 5.70. The van der Waals surface area contributed by atoms with E-state index in [0.29, 0.717) is 35.0 Å². The van der Waals surface area contributed by atoms with Gasteiger partial charge in [0.05, 0.1) is 31.2 Å². The Morgan fingerprint density at radius 2 is 1.69 bits per heavy atom. The van der Waals surface area contributed by atoms with Crippen LogP contribution in [0.1, 0.15) is 5.56 Å². The minimum absolute atomic E-state index is 0.0928. The Balaban J connectivity index is 1.94. The molecule has 2 N–H and O–H groups in total. The highest BCUT2D eigenvalue weighted by Crippen LogP contribution is 2.37. The van der Waals surface area contributed by atoms with E-state index in [0.717, 1.165) is 0 Å². The number of phenols is 1. The highest BCUT2D eigenvalue weighted by Gasteiger charge is 2.11. The molecule has 0 aliphatic carbocycles. The minimum Gasteiger partial charge on any atom is -0.506 e. The zero-order valence-electron chi connectivity index (χ0n) is 13.2. The Morgan fingerprint density at radius 3 is 2.23 bits per heavy atom. The second kappa shape index (κ2) is 9.72. The molecule has 2 rings (SSSR count). The summed E-state index contributed by atoms with van der Waals surface area (Å²) in [5.74, 6) is 0.802. The molecule has 0 aliphatic heterocycles. The second-order valence-electron chi connectivity index (χ2n) is 4.84. The first-order valence-corrected chi connectivity index (χ1v) is 10.1. The molecule has 0 bridgehead atoms. The van der Waals surface area contributed by atoms with Gasteiger partial charge in [-0.15, -0.1) is 0 Å². The molecule has 10 heteroatoms. The normalized spacial score (nSPS) is 10.8. The third-order valence-electron chi connectivity index (χ3n) is 3.00.